The number of hydrogen-bond acceptors (Lipinski definition) is 4. The van der Waals surface area contributed by atoms with E-state index < -0.39 is 0 Å². The van der Waals surface area contributed by atoms with Gasteiger partial charge in [0, 0.05) is 29.6 Å². The van der Waals surface area contributed by atoms with Gasteiger partial charge in [-0.1, -0.05) is 30.3 Å². The Bertz CT molecular complexity index is 596. The van der Waals surface area contributed by atoms with E-state index in [9.17, 15) is 0 Å². The standard InChI is InChI=1S/C18H24N2OS/c1-14-17(13-20-11-5-9-16(20)10-6-12-21)22-18(19-14)15-7-3-2-4-8-15/h2-4,7-8,16,21H,5-6,9-13H2,1H3. The summed E-state index contributed by atoms with van der Waals surface area (Å²) >= 11 is 1.82. The largest absolute Gasteiger partial charge is 0.396 e. The molecule has 1 N–H and O–H groups in total. The molecule has 118 valence electrons. The molecule has 1 aliphatic heterocycles. The van der Waals surface area contributed by atoms with Gasteiger partial charge in [0.15, 0.2) is 0 Å². The van der Waals surface area contributed by atoms with Crippen LogP contribution in [-0.2, 0) is 6.54 Å². The van der Waals surface area contributed by atoms with Crippen LogP contribution in [-0.4, -0.2) is 34.2 Å². The molecule has 0 bridgehead atoms. The summed E-state index contributed by atoms with van der Waals surface area (Å²) in [5.74, 6) is 0. The van der Waals surface area contributed by atoms with Gasteiger partial charge in [0.05, 0.1) is 5.69 Å². The van der Waals surface area contributed by atoms with Crippen LogP contribution in [0.15, 0.2) is 30.3 Å². The third-order valence-electron chi connectivity index (χ3n) is 4.45. The molecule has 1 aliphatic rings. The Hall–Kier alpha value is -1.23. The molecule has 0 radical (unpaired) electrons. The van der Waals surface area contributed by atoms with E-state index in [4.69, 9.17) is 10.1 Å². The topological polar surface area (TPSA) is 36.4 Å². The molecule has 22 heavy (non-hydrogen) atoms. The Kier molecular flexibility index (Phi) is 5.24. The van der Waals surface area contributed by atoms with Gasteiger partial charge in [0.2, 0.25) is 0 Å². The fourth-order valence-corrected chi connectivity index (χ4v) is 4.31. The zero-order valence-corrected chi connectivity index (χ0v) is 14.0. The first kappa shape index (κ1) is 15.7. The van der Waals surface area contributed by atoms with Crippen LogP contribution in [0.1, 0.15) is 36.3 Å². The SMILES string of the molecule is Cc1nc(-c2ccccc2)sc1CN1CCCC1CCCO. The first-order valence-corrected chi connectivity index (χ1v) is 8.96. The molecule has 1 aromatic carbocycles. The van der Waals surface area contributed by atoms with Gasteiger partial charge < -0.3 is 5.11 Å². The number of nitrogens with zero attached hydrogens (tertiary/aromatic N) is 2. The summed E-state index contributed by atoms with van der Waals surface area (Å²) in [7, 11) is 0. The minimum absolute atomic E-state index is 0.308. The van der Waals surface area contributed by atoms with Crippen LogP contribution >= 0.6 is 11.3 Å². The average Bonchev–Trinajstić information content (AvgIpc) is 3.14. The highest BCUT2D eigenvalue weighted by Crippen LogP contribution is 2.31. The summed E-state index contributed by atoms with van der Waals surface area (Å²) in [5, 5.41) is 10.2. The maximum Gasteiger partial charge on any atom is 0.123 e. The Morgan fingerprint density at radius 1 is 1.32 bits per heavy atom. The van der Waals surface area contributed by atoms with E-state index in [0.717, 1.165) is 30.1 Å². The molecule has 1 unspecified atom stereocenters. The van der Waals surface area contributed by atoms with Crippen molar-refractivity contribution in [3.63, 3.8) is 0 Å². The third-order valence-corrected chi connectivity index (χ3v) is 5.65. The lowest BCUT2D eigenvalue weighted by Gasteiger charge is -2.23. The molecule has 4 heteroatoms. The lowest BCUT2D eigenvalue weighted by Crippen LogP contribution is -2.28. The second kappa shape index (κ2) is 7.36. The molecule has 0 spiro atoms. The molecular weight excluding hydrogens is 292 g/mol. The number of likely N-dealkylation sites (tertiary alicyclic amines) is 1. The van der Waals surface area contributed by atoms with Crippen LogP contribution in [0, 0.1) is 6.92 Å². The van der Waals surface area contributed by atoms with Crippen LogP contribution in [0.25, 0.3) is 10.6 Å². The van der Waals surface area contributed by atoms with Crippen molar-refractivity contribution in [1.82, 2.24) is 9.88 Å². The molecule has 3 rings (SSSR count). The summed E-state index contributed by atoms with van der Waals surface area (Å²) < 4.78 is 0. The quantitative estimate of drug-likeness (QED) is 0.879. The minimum Gasteiger partial charge on any atom is -0.396 e. The van der Waals surface area contributed by atoms with Gasteiger partial charge in [-0.3, -0.25) is 4.90 Å². The molecule has 0 amide bonds. The van der Waals surface area contributed by atoms with Crippen LogP contribution in [0.3, 0.4) is 0 Å². The van der Waals surface area contributed by atoms with Crippen LogP contribution in [0.5, 0.6) is 0 Å². The van der Waals surface area contributed by atoms with Gasteiger partial charge in [-0.2, -0.15) is 0 Å². The lowest BCUT2D eigenvalue weighted by atomic mass is 10.1. The molecule has 1 atom stereocenters. The lowest BCUT2D eigenvalue weighted by molar-refractivity contribution is 0.211. The average molecular weight is 316 g/mol. The van der Waals surface area contributed by atoms with Crippen molar-refractivity contribution in [1.29, 1.82) is 0 Å². The summed E-state index contributed by atoms with van der Waals surface area (Å²) in [5.41, 5.74) is 2.37. The molecule has 2 aromatic rings. The Balaban J connectivity index is 1.71. The Morgan fingerprint density at radius 2 is 2.14 bits per heavy atom. The van der Waals surface area contributed by atoms with Crippen LogP contribution < -0.4 is 0 Å². The van der Waals surface area contributed by atoms with Gasteiger partial charge in [0.1, 0.15) is 5.01 Å². The normalized spacial score (nSPS) is 18.9. The van der Waals surface area contributed by atoms with Gasteiger partial charge in [-0.25, -0.2) is 4.98 Å². The number of hydrogen-bond donors (Lipinski definition) is 1. The number of aryl methyl sites for hydroxylation is 1. The van der Waals surface area contributed by atoms with Crippen molar-refractivity contribution < 1.29 is 5.11 Å². The summed E-state index contributed by atoms with van der Waals surface area (Å²) in [6, 6.07) is 11.1. The number of aromatic nitrogens is 1. The highest BCUT2D eigenvalue weighted by atomic mass is 32.1. The van der Waals surface area contributed by atoms with Gasteiger partial charge in [-0.15, -0.1) is 11.3 Å². The molecule has 1 fully saturated rings. The van der Waals surface area contributed by atoms with E-state index in [1.807, 2.05) is 17.4 Å². The Labute approximate surface area is 136 Å². The van der Waals surface area contributed by atoms with Gasteiger partial charge >= 0.3 is 0 Å². The van der Waals surface area contributed by atoms with E-state index in [0.29, 0.717) is 12.6 Å². The second-order valence-corrected chi connectivity index (χ2v) is 7.11. The zero-order chi connectivity index (χ0) is 15.4. The second-order valence-electron chi connectivity index (χ2n) is 6.03. The number of aliphatic hydroxyl groups is 1. The Morgan fingerprint density at radius 3 is 2.91 bits per heavy atom. The van der Waals surface area contributed by atoms with Crippen molar-refractivity contribution in [2.24, 2.45) is 0 Å². The predicted molar refractivity (Wildman–Crippen MR) is 92.0 cm³/mol. The third kappa shape index (κ3) is 3.57. The van der Waals surface area contributed by atoms with E-state index in [1.54, 1.807) is 0 Å². The number of rotatable bonds is 6. The maximum atomic E-state index is 9.05. The highest BCUT2D eigenvalue weighted by Gasteiger charge is 2.25. The van der Waals surface area contributed by atoms with E-state index in [1.165, 1.54) is 29.8 Å². The molecule has 0 aliphatic carbocycles. The summed E-state index contributed by atoms with van der Waals surface area (Å²) in [4.78, 5) is 8.72. The smallest absolute Gasteiger partial charge is 0.123 e. The van der Waals surface area contributed by atoms with E-state index in [-0.39, 0.29) is 0 Å². The summed E-state index contributed by atoms with van der Waals surface area (Å²) in [6.07, 6.45) is 4.57. The first-order valence-electron chi connectivity index (χ1n) is 8.14. The van der Waals surface area contributed by atoms with E-state index >= 15 is 0 Å². The van der Waals surface area contributed by atoms with Gasteiger partial charge in [0.25, 0.3) is 0 Å². The highest BCUT2D eigenvalue weighted by molar-refractivity contribution is 7.15. The van der Waals surface area contributed by atoms with Crippen LogP contribution in [0.2, 0.25) is 0 Å². The van der Waals surface area contributed by atoms with Crippen molar-refractivity contribution in [3.8, 4) is 10.6 Å². The fourth-order valence-electron chi connectivity index (χ4n) is 3.22. The van der Waals surface area contributed by atoms with Crippen molar-refractivity contribution in [2.75, 3.05) is 13.2 Å². The fraction of sp³-hybridized carbons (Fsp3) is 0.500. The molecular formula is C18H24N2OS. The van der Waals surface area contributed by atoms with Crippen molar-refractivity contribution >= 4 is 11.3 Å². The van der Waals surface area contributed by atoms with Crippen LogP contribution in [0.4, 0.5) is 0 Å². The molecule has 3 nitrogen and oxygen atoms in total. The molecule has 0 saturated carbocycles. The van der Waals surface area contributed by atoms with Crippen molar-refractivity contribution in [3.05, 3.63) is 40.9 Å². The molecule has 2 heterocycles. The van der Waals surface area contributed by atoms with E-state index in [2.05, 4.69) is 36.1 Å². The number of aliphatic hydroxyl groups excluding tert-OH is 1. The zero-order valence-electron chi connectivity index (χ0n) is 13.2. The summed E-state index contributed by atoms with van der Waals surface area (Å²) in [6.45, 7) is 4.61. The monoisotopic (exact) mass is 316 g/mol. The number of thiazole rings is 1. The minimum atomic E-state index is 0.308. The van der Waals surface area contributed by atoms with Gasteiger partial charge in [-0.05, 0) is 39.2 Å². The predicted octanol–water partition coefficient (Wildman–Crippen LogP) is 3.86. The number of benzene rings is 1. The first-order chi connectivity index (χ1) is 10.8. The molecule has 1 saturated heterocycles. The van der Waals surface area contributed by atoms with Crippen molar-refractivity contribution in [2.45, 2.75) is 45.2 Å². The molecule has 1 aromatic heterocycles. The maximum absolute atomic E-state index is 9.05.